The molecule has 0 saturated carbocycles. The molecule has 20 heavy (non-hydrogen) atoms. The Morgan fingerprint density at radius 3 is 2.35 bits per heavy atom. The molecule has 0 aliphatic rings. The predicted octanol–water partition coefficient (Wildman–Crippen LogP) is 2.61. The van der Waals surface area contributed by atoms with E-state index in [0.717, 1.165) is 12.1 Å². The molecule has 0 fully saturated rings. The number of halogens is 3. The van der Waals surface area contributed by atoms with Crippen LogP contribution in [0.25, 0.3) is 5.69 Å². The summed E-state index contributed by atoms with van der Waals surface area (Å²) in [5, 5.41) is 4.14. The van der Waals surface area contributed by atoms with Crippen LogP contribution in [0.15, 0.2) is 24.3 Å². The van der Waals surface area contributed by atoms with E-state index < -0.39 is 17.6 Å². The Morgan fingerprint density at radius 2 is 1.90 bits per heavy atom. The molecule has 0 unspecified atom stereocenters. The van der Waals surface area contributed by atoms with E-state index in [0.29, 0.717) is 11.4 Å². The van der Waals surface area contributed by atoms with Gasteiger partial charge in [0.15, 0.2) is 0 Å². The van der Waals surface area contributed by atoms with Gasteiger partial charge in [-0.25, -0.2) is 4.68 Å². The summed E-state index contributed by atoms with van der Waals surface area (Å²) in [5.41, 5.74) is 5.66. The van der Waals surface area contributed by atoms with Crippen molar-refractivity contribution in [3.8, 4) is 5.69 Å². The molecule has 0 bridgehead atoms. The lowest BCUT2D eigenvalue weighted by Crippen LogP contribution is -2.17. The number of aromatic nitrogens is 2. The van der Waals surface area contributed by atoms with Gasteiger partial charge in [-0.3, -0.25) is 4.79 Å². The summed E-state index contributed by atoms with van der Waals surface area (Å²) in [6, 6.07) is 4.59. The number of aryl methyl sites for hydroxylation is 2. The minimum atomic E-state index is -4.53. The topological polar surface area (TPSA) is 60.9 Å². The first kappa shape index (κ1) is 14.1. The average Bonchev–Trinajstić information content (AvgIpc) is 2.66. The average molecular weight is 283 g/mol. The van der Waals surface area contributed by atoms with Crippen LogP contribution >= 0.6 is 0 Å². The normalized spacial score (nSPS) is 11.7. The standard InChI is InChI=1S/C13H12F3N3O/c1-7-5-8(2)19(18-7)11-4-3-9(13(14,15)16)6-10(11)12(17)20/h3-6H,1-2H3,(H2,17,20). The quantitative estimate of drug-likeness (QED) is 0.921. The van der Waals surface area contributed by atoms with Crippen LogP contribution in [0.1, 0.15) is 27.3 Å². The van der Waals surface area contributed by atoms with Crippen LogP contribution < -0.4 is 5.73 Å². The van der Waals surface area contributed by atoms with Crippen LogP contribution in [-0.2, 0) is 6.18 Å². The van der Waals surface area contributed by atoms with Gasteiger partial charge in [0, 0.05) is 5.69 Å². The molecule has 1 amide bonds. The van der Waals surface area contributed by atoms with Crippen LogP contribution in [0.3, 0.4) is 0 Å². The third-order valence-corrected chi connectivity index (χ3v) is 2.83. The number of nitrogens with zero attached hydrogens (tertiary/aromatic N) is 2. The highest BCUT2D eigenvalue weighted by atomic mass is 19.4. The van der Waals surface area contributed by atoms with Crippen molar-refractivity contribution in [3.63, 3.8) is 0 Å². The zero-order chi connectivity index (χ0) is 15.1. The molecular formula is C13H12F3N3O. The van der Waals surface area contributed by atoms with Gasteiger partial charge in [0.25, 0.3) is 5.91 Å². The molecule has 7 heteroatoms. The van der Waals surface area contributed by atoms with Crippen molar-refractivity contribution >= 4 is 5.91 Å². The molecule has 4 nitrogen and oxygen atoms in total. The Kier molecular flexibility index (Phi) is 3.29. The first-order valence-corrected chi connectivity index (χ1v) is 5.75. The Bertz CT molecular complexity index is 674. The molecule has 0 aliphatic carbocycles. The van der Waals surface area contributed by atoms with E-state index >= 15 is 0 Å². The molecule has 1 heterocycles. The summed E-state index contributed by atoms with van der Waals surface area (Å²) >= 11 is 0. The number of rotatable bonds is 2. The summed E-state index contributed by atoms with van der Waals surface area (Å²) in [5.74, 6) is -0.932. The first-order chi connectivity index (χ1) is 9.20. The summed E-state index contributed by atoms with van der Waals surface area (Å²) in [6.07, 6.45) is -4.53. The van der Waals surface area contributed by atoms with E-state index in [1.54, 1.807) is 19.9 Å². The Labute approximate surface area is 113 Å². The molecule has 1 aromatic heterocycles. The largest absolute Gasteiger partial charge is 0.416 e. The van der Waals surface area contributed by atoms with Gasteiger partial charge < -0.3 is 5.73 Å². The van der Waals surface area contributed by atoms with Crippen molar-refractivity contribution in [2.24, 2.45) is 5.73 Å². The van der Waals surface area contributed by atoms with Gasteiger partial charge in [-0.15, -0.1) is 0 Å². The summed E-state index contributed by atoms with van der Waals surface area (Å²) in [6.45, 7) is 3.49. The lowest BCUT2D eigenvalue weighted by atomic mass is 10.1. The monoisotopic (exact) mass is 283 g/mol. The zero-order valence-electron chi connectivity index (χ0n) is 10.8. The highest BCUT2D eigenvalue weighted by Crippen LogP contribution is 2.31. The van der Waals surface area contributed by atoms with Crippen LogP contribution in [-0.4, -0.2) is 15.7 Å². The van der Waals surface area contributed by atoms with E-state index in [2.05, 4.69) is 5.10 Å². The number of carbonyl (C=O) groups is 1. The van der Waals surface area contributed by atoms with E-state index in [9.17, 15) is 18.0 Å². The Morgan fingerprint density at radius 1 is 1.25 bits per heavy atom. The summed E-state index contributed by atoms with van der Waals surface area (Å²) in [4.78, 5) is 11.4. The van der Waals surface area contributed by atoms with Gasteiger partial charge in [0.05, 0.1) is 22.5 Å². The zero-order valence-corrected chi connectivity index (χ0v) is 10.8. The molecule has 0 aliphatic heterocycles. The lowest BCUT2D eigenvalue weighted by Gasteiger charge is -2.12. The third-order valence-electron chi connectivity index (χ3n) is 2.83. The molecule has 2 rings (SSSR count). The Hall–Kier alpha value is -2.31. The number of nitrogens with two attached hydrogens (primary N) is 1. The van der Waals surface area contributed by atoms with Crippen molar-refractivity contribution < 1.29 is 18.0 Å². The second-order valence-corrected chi connectivity index (χ2v) is 4.43. The van der Waals surface area contributed by atoms with Crippen molar-refractivity contribution in [2.45, 2.75) is 20.0 Å². The number of primary amides is 1. The molecule has 0 radical (unpaired) electrons. The number of hydrogen-bond donors (Lipinski definition) is 1. The van der Waals surface area contributed by atoms with Gasteiger partial charge in [-0.1, -0.05) is 0 Å². The number of benzene rings is 1. The number of amides is 1. The number of hydrogen-bond acceptors (Lipinski definition) is 2. The van der Waals surface area contributed by atoms with Gasteiger partial charge in [0.1, 0.15) is 0 Å². The predicted molar refractivity (Wildman–Crippen MR) is 66.6 cm³/mol. The lowest BCUT2D eigenvalue weighted by molar-refractivity contribution is -0.137. The number of carbonyl (C=O) groups excluding carboxylic acids is 1. The maximum absolute atomic E-state index is 12.7. The van der Waals surface area contributed by atoms with Crippen LogP contribution in [0.5, 0.6) is 0 Å². The maximum Gasteiger partial charge on any atom is 0.416 e. The molecule has 2 aromatic rings. The van der Waals surface area contributed by atoms with E-state index in [4.69, 9.17) is 5.73 Å². The highest BCUT2D eigenvalue weighted by Gasteiger charge is 2.31. The van der Waals surface area contributed by atoms with Crippen molar-refractivity contribution in [3.05, 3.63) is 46.8 Å². The highest BCUT2D eigenvalue weighted by molar-refractivity contribution is 5.96. The second kappa shape index (κ2) is 4.66. The minimum absolute atomic E-state index is 0.217. The van der Waals surface area contributed by atoms with Gasteiger partial charge in [0.2, 0.25) is 0 Å². The fraction of sp³-hybridized carbons (Fsp3) is 0.231. The van der Waals surface area contributed by atoms with Crippen LogP contribution in [0.2, 0.25) is 0 Å². The molecule has 1 aromatic carbocycles. The maximum atomic E-state index is 12.7. The van der Waals surface area contributed by atoms with Crippen LogP contribution in [0, 0.1) is 13.8 Å². The SMILES string of the molecule is Cc1cc(C)n(-c2ccc(C(F)(F)F)cc2C(N)=O)n1. The fourth-order valence-electron chi connectivity index (χ4n) is 1.97. The van der Waals surface area contributed by atoms with Crippen molar-refractivity contribution in [2.75, 3.05) is 0 Å². The van der Waals surface area contributed by atoms with E-state index in [1.165, 1.54) is 10.7 Å². The van der Waals surface area contributed by atoms with Crippen molar-refractivity contribution in [1.82, 2.24) is 9.78 Å². The summed E-state index contributed by atoms with van der Waals surface area (Å²) in [7, 11) is 0. The first-order valence-electron chi connectivity index (χ1n) is 5.75. The third kappa shape index (κ3) is 2.52. The smallest absolute Gasteiger partial charge is 0.366 e. The van der Waals surface area contributed by atoms with Gasteiger partial charge in [-0.2, -0.15) is 18.3 Å². The number of alkyl halides is 3. The molecule has 0 saturated heterocycles. The van der Waals surface area contributed by atoms with Gasteiger partial charge in [-0.05, 0) is 38.1 Å². The van der Waals surface area contributed by atoms with Gasteiger partial charge >= 0.3 is 6.18 Å². The van der Waals surface area contributed by atoms with Crippen molar-refractivity contribution in [1.29, 1.82) is 0 Å². The summed E-state index contributed by atoms with van der Waals surface area (Å²) < 4.78 is 39.4. The molecule has 0 atom stereocenters. The van der Waals surface area contributed by atoms with Crippen LogP contribution in [0.4, 0.5) is 13.2 Å². The fourth-order valence-corrected chi connectivity index (χ4v) is 1.97. The molecule has 106 valence electrons. The molecule has 0 spiro atoms. The Balaban J connectivity index is 2.65. The van der Waals surface area contributed by atoms with E-state index in [1.807, 2.05) is 0 Å². The second-order valence-electron chi connectivity index (χ2n) is 4.43. The molecule has 2 N–H and O–H groups in total. The molecular weight excluding hydrogens is 271 g/mol. The van der Waals surface area contributed by atoms with E-state index in [-0.39, 0.29) is 11.3 Å². The minimum Gasteiger partial charge on any atom is -0.366 e.